The molecular weight excluding hydrogens is 264 g/mol. The van der Waals surface area contributed by atoms with Gasteiger partial charge in [0.2, 0.25) is 0 Å². The smallest absolute Gasteiger partial charge is 0.126 e. The fourth-order valence-electron chi connectivity index (χ4n) is 1.50. The summed E-state index contributed by atoms with van der Waals surface area (Å²) in [5, 5.41) is 3.35. The highest BCUT2D eigenvalue weighted by Crippen LogP contribution is 2.19. The van der Waals surface area contributed by atoms with E-state index in [1.165, 1.54) is 5.56 Å². The van der Waals surface area contributed by atoms with Gasteiger partial charge in [0, 0.05) is 16.7 Å². The molecule has 0 bridgehead atoms. The van der Waals surface area contributed by atoms with E-state index in [1.54, 1.807) is 6.20 Å². The number of nitrogens with zero attached hydrogens (tertiary/aromatic N) is 1. The van der Waals surface area contributed by atoms with Gasteiger partial charge in [-0.05, 0) is 36.8 Å². The largest absolute Gasteiger partial charge is 0.364 e. The van der Waals surface area contributed by atoms with Crippen molar-refractivity contribution in [2.75, 3.05) is 5.32 Å². The SMILES string of the molecule is CC(Nc1ccccn1)c1ccc(Br)cc1. The monoisotopic (exact) mass is 276 g/mol. The van der Waals surface area contributed by atoms with Gasteiger partial charge in [-0.25, -0.2) is 4.98 Å². The Morgan fingerprint density at radius 2 is 1.88 bits per heavy atom. The Morgan fingerprint density at radius 3 is 2.50 bits per heavy atom. The number of halogens is 1. The van der Waals surface area contributed by atoms with Crippen molar-refractivity contribution in [1.29, 1.82) is 0 Å². The second-order valence-corrected chi connectivity index (χ2v) is 4.55. The van der Waals surface area contributed by atoms with E-state index >= 15 is 0 Å². The standard InChI is InChI=1S/C13H13BrN2/c1-10(11-5-7-12(14)8-6-11)16-13-4-2-3-9-15-13/h2-10H,1H3,(H,15,16). The average Bonchev–Trinajstić information content (AvgIpc) is 2.31. The van der Waals surface area contributed by atoms with Gasteiger partial charge in [-0.1, -0.05) is 34.1 Å². The molecule has 0 aliphatic rings. The molecule has 0 aliphatic carbocycles. The van der Waals surface area contributed by atoms with Crippen LogP contribution < -0.4 is 5.32 Å². The number of hydrogen-bond donors (Lipinski definition) is 1. The van der Waals surface area contributed by atoms with Gasteiger partial charge in [0.15, 0.2) is 0 Å². The van der Waals surface area contributed by atoms with E-state index in [0.717, 1.165) is 10.3 Å². The zero-order chi connectivity index (χ0) is 11.4. The van der Waals surface area contributed by atoms with E-state index < -0.39 is 0 Å². The Bertz CT molecular complexity index is 439. The maximum absolute atomic E-state index is 4.24. The summed E-state index contributed by atoms with van der Waals surface area (Å²) in [6.45, 7) is 2.12. The van der Waals surface area contributed by atoms with Crippen LogP contribution in [0.4, 0.5) is 5.82 Å². The Hall–Kier alpha value is -1.35. The predicted octanol–water partition coefficient (Wildman–Crippen LogP) is 4.02. The van der Waals surface area contributed by atoms with Gasteiger partial charge in [-0.15, -0.1) is 0 Å². The molecule has 0 spiro atoms. The zero-order valence-corrected chi connectivity index (χ0v) is 10.6. The van der Waals surface area contributed by atoms with Gasteiger partial charge in [-0.2, -0.15) is 0 Å². The molecule has 0 saturated heterocycles. The fraction of sp³-hybridized carbons (Fsp3) is 0.154. The normalized spacial score (nSPS) is 12.1. The van der Waals surface area contributed by atoms with Crippen molar-refractivity contribution >= 4 is 21.7 Å². The van der Waals surface area contributed by atoms with Crippen molar-refractivity contribution in [3.8, 4) is 0 Å². The summed E-state index contributed by atoms with van der Waals surface area (Å²) in [5.41, 5.74) is 1.24. The van der Waals surface area contributed by atoms with Crippen LogP contribution in [-0.2, 0) is 0 Å². The molecule has 2 nitrogen and oxygen atoms in total. The first-order valence-electron chi connectivity index (χ1n) is 5.19. The minimum atomic E-state index is 0.253. The van der Waals surface area contributed by atoms with Crippen LogP contribution in [0.2, 0.25) is 0 Å². The van der Waals surface area contributed by atoms with Gasteiger partial charge in [0.25, 0.3) is 0 Å². The van der Waals surface area contributed by atoms with E-state index in [4.69, 9.17) is 0 Å². The highest BCUT2D eigenvalue weighted by atomic mass is 79.9. The third-order valence-corrected chi connectivity index (χ3v) is 2.93. The number of aromatic nitrogens is 1. The lowest BCUT2D eigenvalue weighted by Crippen LogP contribution is -2.07. The van der Waals surface area contributed by atoms with Crippen molar-refractivity contribution in [2.24, 2.45) is 0 Å². The van der Waals surface area contributed by atoms with E-state index in [1.807, 2.05) is 30.3 Å². The van der Waals surface area contributed by atoms with Crippen molar-refractivity contribution in [2.45, 2.75) is 13.0 Å². The van der Waals surface area contributed by atoms with Crippen LogP contribution in [0.3, 0.4) is 0 Å². The lowest BCUT2D eigenvalue weighted by molar-refractivity contribution is 0.874. The third-order valence-electron chi connectivity index (χ3n) is 2.40. The molecule has 82 valence electrons. The molecule has 1 N–H and O–H groups in total. The summed E-state index contributed by atoms with van der Waals surface area (Å²) in [6.07, 6.45) is 1.79. The molecule has 1 aromatic carbocycles. The number of rotatable bonds is 3. The van der Waals surface area contributed by atoms with Crippen molar-refractivity contribution in [3.63, 3.8) is 0 Å². The van der Waals surface area contributed by atoms with Gasteiger partial charge in [0.1, 0.15) is 5.82 Å². The minimum absolute atomic E-state index is 0.253. The molecule has 0 saturated carbocycles. The Balaban J connectivity index is 2.09. The summed E-state index contributed by atoms with van der Waals surface area (Å²) in [4.78, 5) is 4.24. The second kappa shape index (κ2) is 5.12. The molecule has 1 atom stereocenters. The molecule has 2 rings (SSSR count). The number of hydrogen-bond acceptors (Lipinski definition) is 2. The first-order valence-corrected chi connectivity index (χ1v) is 5.98. The number of nitrogens with one attached hydrogen (secondary N) is 1. The Kier molecular flexibility index (Phi) is 3.57. The molecule has 2 aromatic rings. The molecule has 1 aromatic heterocycles. The fourth-order valence-corrected chi connectivity index (χ4v) is 1.77. The van der Waals surface area contributed by atoms with Crippen LogP contribution >= 0.6 is 15.9 Å². The molecule has 16 heavy (non-hydrogen) atoms. The molecule has 3 heteroatoms. The van der Waals surface area contributed by atoms with Gasteiger partial charge < -0.3 is 5.32 Å². The lowest BCUT2D eigenvalue weighted by Gasteiger charge is -2.14. The maximum atomic E-state index is 4.24. The van der Waals surface area contributed by atoms with Gasteiger partial charge in [-0.3, -0.25) is 0 Å². The third kappa shape index (κ3) is 2.83. The van der Waals surface area contributed by atoms with Crippen molar-refractivity contribution in [1.82, 2.24) is 4.98 Å². The summed E-state index contributed by atoms with van der Waals surface area (Å²) < 4.78 is 1.10. The zero-order valence-electron chi connectivity index (χ0n) is 9.02. The quantitative estimate of drug-likeness (QED) is 0.916. The maximum Gasteiger partial charge on any atom is 0.126 e. The van der Waals surface area contributed by atoms with Gasteiger partial charge in [0.05, 0.1) is 0 Å². The number of anilines is 1. The van der Waals surface area contributed by atoms with Gasteiger partial charge >= 0.3 is 0 Å². The predicted molar refractivity (Wildman–Crippen MR) is 70.4 cm³/mol. The number of pyridine rings is 1. The molecular formula is C13H13BrN2. The van der Waals surface area contributed by atoms with E-state index in [0.29, 0.717) is 0 Å². The first kappa shape index (κ1) is 11.1. The van der Waals surface area contributed by atoms with E-state index in [2.05, 4.69) is 45.3 Å². The van der Waals surface area contributed by atoms with Crippen LogP contribution in [0.5, 0.6) is 0 Å². The highest BCUT2D eigenvalue weighted by molar-refractivity contribution is 9.10. The summed E-state index contributed by atoms with van der Waals surface area (Å²) in [5.74, 6) is 0.901. The Labute approximate surface area is 104 Å². The molecule has 0 amide bonds. The molecule has 0 aliphatic heterocycles. The molecule has 1 heterocycles. The molecule has 0 fully saturated rings. The van der Waals surface area contributed by atoms with Crippen LogP contribution in [0, 0.1) is 0 Å². The van der Waals surface area contributed by atoms with Crippen LogP contribution in [0.1, 0.15) is 18.5 Å². The molecule has 1 unspecified atom stereocenters. The average molecular weight is 277 g/mol. The first-order chi connectivity index (χ1) is 7.75. The number of benzene rings is 1. The van der Waals surface area contributed by atoms with Crippen LogP contribution in [0.15, 0.2) is 53.1 Å². The minimum Gasteiger partial charge on any atom is -0.364 e. The van der Waals surface area contributed by atoms with Crippen molar-refractivity contribution in [3.05, 3.63) is 58.7 Å². The summed E-state index contributed by atoms with van der Waals surface area (Å²) in [7, 11) is 0. The lowest BCUT2D eigenvalue weighted by atomic mass is 10.1. The van der Waals surface area contributed by atoms with E-state index in [9.17, 15) is 0 Å². The van der Waals surface area contributed by atoms with Crippen molar-refractivity contribution < 1.29 is 0 Å². The van der Waals surface area contributed by atoms with E-state index in [-0.39, 0.29) is 6.04 Å². The summed E-state index contributed by atoms with van der Waals surface area (Å²) in [6, 6.07) is 14.4. The van der Waals surface area contributed by atoms with Crippen LogP contribution in [-0.4, -0.2) is 4.98 Å². The second-order valence-electron chi connectivity index (χ2n) is 3.63. The molecule has 0 radical (unpaired) electrons. The summed E-state index contributed by atoms with van der Waals surface area (Å²) >= 11 is 3.43. The topological polar surface area (TPSA) is 24.9 Å². The Morgan fingerprint density at radius 1 is 1.12 bits per heavy atom. The van der Waals surface area contributed by atoms with Crippen LogP contribution in [0.25, 0.3) is 0 Å². The highest BCUT2D eigenvalue weighted by Gasteiger charge is 2.04.